The minimum Gasteiger partial charge on any atom is -0.454 e. The van der Waals surface area contributed by atoms with E-state index < -0.39 is 0 Å². The Morgan fingerprint density at radius 2 is 0.690 bits per heavy atom. The van der Waals surface area contributed by atoms with Crippen LogP contribution in [0.5, 0.6) is 0 Å². The van der Waals surface area contributed by atoms with Crippen LogP contribution in [-0.4, -0.2) is 14.1 Å². The molecule has 5 heteroatoms. The molecule has 0 amide bonds. The number of pyridine rings is 1. The summed E-state index contributed by atoms with van der Waals surface area (Å²) in [4.78, 5) is 5.54. The van der Waals surface area contributed by atoms with Crippen molar-refractivity contribution in [1.82, 2.24) is 14.1 Å². The zero-order valence-corrected chi connectivity index (χ0v) is 31.1. The topological polar surface area (TPSA) is 49.0 Å². The molecule has 0 saturated heterocycles. The Labute approximate surface area is 331 Å². The molecule has 0 aliphatic rings. The Kier molecular flexibility index (Phi) is 6.38. The van der Waals surface area contributed by atoms with Gasteiger partial charge in [-0.15, -0.1) is 0 Å². The molecule has 0 unspecified atom stereocenters. The van der Waals surface area contributed by atoms with Crippen molar-refractivity contribution in [3.63, 3.8) is 0 Å². The van der Waals surface area contributed by atoms with Crippen LogP contribution in [0, 0.1) is 0 Å². The Hall–Kier alpha value is -7.89. The first-order valence-electron chi connectivity index (χ1n) is 19.6. The quantitative estimate of drug-likeness (QED) is 0.180. The van der Waals surface area contributed by atoms with Crippen molar-refractivity contribution in [2.45, 2.75) is 0 Å². The molecular formula is C53H31N3O2. The van der Waals surface area contributed by atoms with E-state index >= 15 is 0 Å². The van der Waals surface area contributed by atoms with Crippen LogP contribution in [0.25, 0.3) is 121 Å². The largest absolute Gasteiger partial charge is 0.454 e. The predicted octanol–water partition coefficient (Wildman–Crippen LogP) is 14.4. The molecule has 0 saturated carbocycles. The highest BCUT2D eigenvalue weighted by atomic mass is 16.3. The van der Waals surface area contributed by atoms with E-state index in [1.54, 1.807) is 0 Å². The monoisotopic (exact) mass is 741 g/mol. The number of hydrogen-bond donors (Lipinski definition) is 0. The van der Waals surface area contributed by atoms with E-state index in [2.05, 4.69) is 173 Å². The summed E-state index contributed by atoms with van der Waals surface area (Å²) in [5.74, 6) is 0. The van der Waals surface area contributed by atoms with Crippen molar-refractivity contribution in [2.75, 3.05) is 0 Å². The van der Waals surface area contributed by atoms with E-state index in [0.717, 1.165) is 111 Å². The maximum Gasteiger partial charge on any atom is 0.159 e. The van der Waals surface area contributed by atoms with Crippen LogP contribution in [0.15, 0.2) is 197 Å². The van der Waals surface area contributed by atoms with Crippen LogP contribution in [0.4, 0.5) is 0 Å². The summed E-state index contributed by atoms with van der Waals surface area (Å²) in [6.45, 7) is 0. The molecule has 0 N–H and O–H groups in total. The molecule has 0 spiro atoms. The Balaban J connectivity index is 1.08. The second kappa shape index (κ2) is 11.8. The number of hydrogen-bond acceptors (Lipinski definition) is 3. The SMILES string of the molecule is c1cc(-c2cccc3c4ccccc4n(-c4cccc5c4oc4ccccc45)c23)nc(-c2cccc3c4ccccc4n(-c4cccc5c4oc4ccccc45)c23)c1. The van der Waals surface area contributed by atoms with Crippen LogP contribution in [0.3, 0.4) is 0 Å². The van der Waals surface area contributed by atoms with E-state index in [1.165, 1.54) is 10.8 Å². The molecule has 0 radical (unpaired) electrons. The highest BCUT2D eigenvalue weighted by Gasteiger charge is 2.23. The van der Waals surface area contributed by atoms with Gasteiger partial charge in [0.2, 0.25) is 0 Å². The van der Waals surface area contributed by atoms with Crippen LogP contribution < -0.4 is 0 Å². The summed E-state index contributed by atoms with van der Waals surface area (Å²) in [6, 6.07) is 66.3. The molecule has 270 valence electrons. The number of fused-ring (bicyclic) bond motifs is 12. The van der Waals surface area contributed by atoms with Gasteiger partial charge in [-0.2, -0.15) is 0 Å². The summed E-state index contributed by atoms with van der Waals surface area (Å²) < 4.78 is 18.0. The van der Waals surface area contributed by atoms with Crippen LogP contribution in [-0.2, 0) is 0 Å². The molecule has 0 aliphatic heterocycles. The fraction of sp³-hybridized carbons (Fsp3) is 0. The van der Waals surface area contributed by atoms with Gasteiger partial charge in [-0.25, -0.2) is 4.98 Å². The molecular weight excluding hydrogens is 711 g/mol. The number of para-hydroxylation sites is 8. The lowest BCUT2D eigenvalue weighted by molar-refractivity contribution is 0.666. The molecule has 8 aromatic carbocycles. The van der Waals surface area contributed by atoms with Crippen molar-refractivity contribution >= 4 is 87.5 Å². The summed E-state index contributed by atoms with van der Waals surface area (Å²) in [7, 11) is 0. The molecule has 5 aromatic heterocycles. The first-order chi connectivity index (χ1) is 28.8. The zero-order valence-electron chi connectivity index (χ0n) is 31.1. The molecule has 5 heterocycles. The first-order valence-corrected chi connectivity index (χ1v) is 19.6. The fourth-order valence-electron chi connectivity index (χ4n) is 9.50. The first kappa shape index (κ1) is 31.3. The van der Waals surface area contributed by atoms with Gasteiger partial charge in [0, 0.05) is 54.2 Å². The lowest BCUT2D eigenvalue weighted by Gasteiger charge is -2.14. The number of nitrogens with zero attached hydrogens (tertiary/aromatic N) is 3. The van der Waals surface area contributed by atoms with E-state index in [0.29, 0.717) is 0 Å². The Bertz CT molecular complexity index is 3570. The minimum absolute atomic E-state index is 0.863. The number of furan rings is 2. The van der Waals surface area contributed by atoms with Crippen LogP contribution in [0.1, 0.15) is 0 Å². The van der Waals surface area contributed by atoms with Gasteiger partial charge in [0.1, 0.15) is 11.2 Å². The average molecular weight is 742 g/mol. The zero-order chi connectivity index (χ0) is 37.9. The van der Waals surface area contributed by atoms with Gasteiger partial charge in [0.15, 0.2) is 11.2 Å². The summed E-state index contributed by atoms with van der Waals surface area (Å²) in [5.41, 5.74) is 13.8. The third kappa shape index (κ3) is 4.27. The van der Waals surface area contributed by atoms with Gasteiger partial charge in [-0.05, 0) is 48.5 Å². The highest BCUT2D eigenvalue weighted by Crippen LogP contribution is 2.44. The minimum atomic E-state index is 0.863. The second-order valence-corrected chi connectivity index (χ2v) is 15.0. The predicted molar refractivity (Wildman–Crippen MR) is 238 cm³/mol. The maximum atomic E-state index is 6.64. The van der Waals surface area contributed by atoms with Crippen molar-refractivity contribution in [2.24, 2.45) is 0 Å². The summed E-state index contributed by atoms with van der Waals surface area (Å²) >= 11 is 0. The normalized spacial score (nSPS) is 12.1. The molecule has 5 nitrogen and oxygen atoms in total. The van der Waals surface area contributed by atoms with Gasteiger partial charge in [0.25, 0.3) is 0 Å². The van der Waals surface area contributed by atoms with Crippen molar-refractivity contribution in [1.29, 1.82) is 0 Å². The van der Waals surface area contributed by atoms with E-state index in [4.69, 9.17) is 13.8 Å². The van der Waals surface area contributed by atoms with Crippen LogP contribution >= 0.6 is 0 Å². The molecule has 13 aromatic rings. The maximum absolute atomic E-state index is 6.64. The second-order valence-electron chi connectivity index (χ2n) is 15.0. The number of benzene rings is 8. The third-order valence-electron chi connectivity index (χ3n) is 11.9. The van der Waals surface area contributed by atoms with Gasteiger partial charge >= 0.3 is 0 Å². The molecule has 0 atom stereocenters. The average Bonchev–Trinajstić information content (AvgIpc) is 4.04. The summed E-state index contributed by atoms with van der Waals surface area (Å²) in [6.07, 6.45) is 0. The molecule has 58 heavy (non-hydrogen) atoms. The van der Waals surface area contributed by atoms with Gasteiger partial charge < -0.3 is 18.0 Å². The van der Waals surface area contributed by atoms with Crippen molar-refractivity contribution in [3.05, 3.63) is 188 Å². The summed E-state index contributed by atoms with van der Waals surface area (Å²) in [5, 5.41) is 9.09. The van der Waals surface area contributed by atoms with Gasteiger partial charge in [0.05, 0.1) is 44.8 Å². The Morgan fingerprint density at radius 1 is 0.310 bits per heavy atom. The molecule has 0 fully saturated rings. The van der Waals surface area contributed by atoms with E-state index in [-0.39, 0.29) is 0 Å². The van der Waals surface area contributed by atoms with E-state index in [1.807, 2.05) is 24.3 Å². The van der Waals surface area contributed by atoms with Gasteiger partial charge in [-0.3, -0.25) is 0 Å². The Morgan fingerprint density at radius 3 is 1.19 bits per heavy atom. The lowest BCUT2D eigenvalue weighted by atomic mass is 10.0. The van der Waals surface area contributed by atoms with Crippen molar-refractivity contribution in [3.8, 4) is 33.9 Å². The number of rotatable bonds is 4. The smallest absolute Gasteiger partial charge is 0.159 e. The van der Waals surface area contributed by atoms with Crippen LogP contribution in [0.2, 0.25) is 0 Å². The highest BCUT2D eigenvalue weighted by molar-refractivity contribution is 6.17. The standard InChI is InChI=1S/C53H31N3O2/c1-5-26-44-32(14-1)36-18-9-22-40(50(36)55(44)46-28-11-20-38-34-16-3-7-30-48(34)57-52(38)46)42-24-13-25-43(54-42)41-23-10-19-37-33-15-2-6-27-45(33)56(51(37)41)47-29-12-21-39-35-17-4-8-31-49(35)58-53(39)47/h1-31H. The van der Waals surface area contributed by atoms with Crippen molar-refractivity contribution < 1.29 is 8.83 Å². The van der Waals surface area contributed by atoms with Gasteiger partial charge in [-0.1, -0.05) is 140 Å². The molecule has 0 bridgehead atoms. The third-order valence-corrected chi connectivity index (χ3v) is 11.9. The lowest BCUT2D eigenvalue weighted by Crippen LogP contribution is -1.98. The molecule has 13 rings (SSSR count). The fourth-order valence-corrected chi connectivity index (χ4v) is 9.50. The number of aromatic nitrogens is 3. The van der Waals surface area contributed by atoms with E-state index in [9.17, 15) is 0 Å². The molecule has 0 aliphatic carbocycles.